The van der Waals surface area contributed by atoms with Gasteiger partial charge in [0.25, 0.3) is 0 Å². The van der Waals surface area contributed by atoms with Crippen molar-refractivity contribution in [2.45, 2.75) is 13.8 Å². The van der Waals surface area contributed by atoms with E-state index in [1.807, 2.05) is 32.0 Å². The molecule has 0 aliphatic carbocycles. The largest absolute Gasteiger partial charge is 0.482 e. The summed E-state index contributed by atoms with van der Waals surface area (Å²) in [6, 6.07) is 12.4. The van der Waals surface area contributed by atoms with E-state index in [1.165, 1.54) is 0 Å². The van der Waals surface area contributed by atoms with Crippen LogP contribution >= 0.6 is 0 Å². The summed E-state index contributed by atoms with van der Waals surface area (Å²) in [5.41, 5.74) is 3.93. The van der Waals surface area contributed by atoms with E-state index in [2.05, 4.69) is 4.99 Å². The summed E-state index contributed by atoms with van der Waals surface area (Å²) in [7, 11) is 0. The number of hydrogen-bond acceptors (Lipinski definition) is 5. The van der Waals surface area contributed by atoms with Crippen molar-refractivity contribution in [1.29, 1.82) is 0 Å². The van der Waals surface area contributed by atoms with Crippen molar-refractivity contribution < 1.29 is 24.2 Å². The van der Waals surface area contributed by atoms with Crippen LogP contribution in [0.2, 0.25) is 0 Å². The predicted molar refractivity (Wildman–Crippen MR) is 96.1 cm³/mol. The van der Waals surface area contributed by atoms with Gasteiger partial charge in [0.1, 0.15) is 5.75 Å². The SMILES string of the molecule is Cc1ccc(C2=N/C(=C/c3ccc(OCC(=O)O)cc3)C(=O)O2)cc1C. The Morgan fingerprint density at radius 2 is 1.88 bits per heavy atom. The van der Waals surface area contributed by atoms with Crippen molar-refractivity contribution in [2.24, 2.45) is 4.99 Å². The molecular weight excluding hydrogens is 334 g/mol. The van der Waals surface area contributed by atoms with Gasteiger partial charge in [0.05, 0.1) is 0 Å². The van der Waals surface area contributed by atoms with Gasteiger partial charge in [-0.25, -0.2) is 14.6 Å². The van der Waals surface area contributed by atoms with Gasteiger partial charge < -0.3 is 14.6 Å². The molecular formula is C20H17NO5. The molecule has 3 rings (SSSR count). The molecule has 0 spiro atoms. The maximum atomic E-state index is 12.1. The lowest BCUT2D eigenvalue weighted by Crippen LogP contribution is -2.09. The fourth-order valence-electron chi connectivity index (χ4n) is 2.37. The third-order valence-electron chi connectivity index (χ3n) is 3.92. The number of carbonyl (C=O) groups excluding carboxylic acids is 1. The molecule has 1 aliphatic rings. The van der Waals surface area contributed by atoms with E-state index in [0.29, 0.717) is 5.75 Å². The number of rotatable bonds is 5. The third-order valence-corrected chi connectivity index (χ3v) is 3.92. The van der Waals surface area contributed by atoms with Crippen molar-refractivity contribution >= 4 is 23.9 Å². The van der Waals surface area contributed by atoms with Crippen LogP contribution in [-0.2, 0) is 14.3 Å². The number of cyclic esters (lactones) is 1. The zero-order valence-corrected chi connectivity index (χ0v) is 14.4. The van der Waals surface area contributed by atoms with E-state index in [0.717, 1.165) is 22.3 Å². The second-order valence-corrected chi connectivity index (χ2v) is 5.89. The maximum absolute atomic E-state index is 12.1. The Morgan fingerprint density at radius 1 is 1.15 bits per heavy atom. The van der Waals surface area contributed by atoms with Gasteiger partial charge in [-0.05, 0) is 60.9 Å². The number of benzene rings is 2. The average molecular weight is 351 g/mol. The number of esters is 1. The minimum Gasteiger partial charge on any atom is -0.482 e. The van der Waals surface area contributed by atoms with E-state index in [9.17, 15) is 9.59 Å². The van der Waals surface area contributed by atoms with Gasteiger partial charge in [0.2, 0.25) is 5.90 Å². The molecule has 1 heterocycles. The van der Waals surface area contributed by atoms with E-state index < -0.39 is 18.5 Å². The molecule has 2 aromatic carbocycles. The second kappa shape index (κ2) is 7.23. The summed E-state index contributed by atoms with van der Waals surface area (Å²) >= 11 is 0. The van der Waals surface area contributed by atoms with Crippen LogP contribution in [0.3, 0.4) is 0 Å². The lowest BCUT2D eigenvalue weighted by Gasteiger charge is -2.03. The highest BCUT2D eigenvalue weighted by Crippen LogP contribution is 2.21. The maximum Gasteiger partial charge on any atom is 0.363 e. The number of carbonyl (C=O) groups is 2. The quantitative estimate of drug-likeness (QED) is 0.661. The van der Waals surface area contributed by atoms with Crippen LogP contribution in [0, 0.1) is 13.8 Å². The van der Waals surface area contributed by atoms with Gasteiger partial charge >= 0.3 is 11.9 Å². The Labute approximate surface area is 150 Å². The first-order valence-electron chi connectivity index (χ1n) is 7.97. The zero-order valence-electron chi connectivity index (χ0n) is 14.4. The van der Waals surface area contributed by atoms with Gasteiger partial charge in [0, 0.05) is 5.56 Å². The van der Waals surface area contributed by atoms with Gasteiger partial charge in [-0.2, -0.15) is 0 Å². The second-order valence-electron chi connectivity index (χ2n) is 5.89. The lowest BCUT2D eigenvalue weighted by atomic mass is 10.1. The summed E-state index contributed by atoms with van der Waals surface area (Å²) in [6.07, 6.45) is 1.61. The van der Waals surface area contributed by atoms with Crippen molar-refractivity contribution in [1.82, 2.24) is 0 Å². The van der Waals surface area contributed by atoms with E-state index >= 15 is 0 Å². The van der Waals surface area contributed by atoms with Crippen LogP contribution in [0.1, 0.15) is 22.3 Å². The monoisotopic (exact) mass is 351 g/mol. The normalized spacial score (nSPS) is 14.9. The highest BCUT2D eigenvalue weighted by molar-refractivity contribution is 6.12. The van der Waals surface area contributed by atoms with Crippen LogP contribution in [0.25, 0.3) is 6.08 Å². The number of carboxylic acid groups (broad SMARTS) is 1. The predicted octanol–water partition coefficient (Wildman–Crippen LogP) is 3.11. The first kappa shape index (κ1) is 17.4. The van der Waals surface area contributed by atoms with Crippen molar-refractivity contribution in [3.8, 4) is 5.75 Å². The molecule has 0 fully saturated rings. The molecule has 6 nitrogen and oxygen atoms in total. The Kier molecular flexibility index (Phi) is 4.84. The smallest absolute Gasteiger partial charge is 0.363 e. The summed E-state index contributed by atoms with van der Waals surface area (Å²) in [4.78, 5) is 26.8. The number of aliphatic imine (C=N–C) groups is 1. The van der Waals surface area contributed by atoms with Crippen LogP contribution in [-0.4, -0.2) is 29.5 Å². The summed E-state index contributed by atoms with van der Waals surface area (Å²) in [6.45, 7) is 3.59. The molecule has 132 valence electrons. The average Bonchev–Trinajstić information content (AvgIpc) is 2.97. The fraction of sp³-hybridized carbons (Fsp3) is 0.150. The van der Waals surface area contributed by atoms with Gasteiger partial charge in [-0.15, -0.1) is 0 Å². The molecule has 0 bridgehead atoms. The van der Waals surface area contributed by atoms with E-state index in [-0.39, 0.29) is 11.6 Å². The molecule has 1 N–H and O–H groups in total. The molecule has 26 heavy (non-hydrogen) atoms. The topological polar surface area (TPSA) is 85.2 Å². The van der Waals surface area contributed by atoms with Crippen molar-refractivity contribution in [2.75, 3.05) is 6.61 Å². The number of aryl methyl sites for hydroxylation is 2. The van der Waals surface area contributed by atoms with Crippen molar-refractivity contribution in [3.05, 3.63) is 70.4 Å². The van der Waals surface area contributed by atoms with Gasteiger partial charge in [0.15, 0.2) is 12.3 Å². The lowest BCUT2D eigenvalue weighted by molar-refractivity contribution is -0.139. The standard InChI is InChI=1S/C20H17NO5/c1-12-3-6-15(9-13(12)2)19-21-17(20(24)26-19)10-14-4-7-16(8-5-14)25-11-18(22)23/h3-10H,11H2,1-2H3,(H,22,23)/b17-10+. The Morgan fingerprint density at radius 3 is 2.54 bits per heavy atom. The Bertz CT molecular complexity index is 926. The van der Waals surface area contributed by atoms with E-state index in [1.54, 1.807) is 30.3 Å². The zero-order chi connectivity index (χ0) is 18.7. The fourth-order valence-corrected chi connectivity index (χ4v) is 2.37. The molecule has 6 heteroatoms. The number of carboxylic acids is 1. The van der Waals surface area contributed by atoms with Gasteiger partial charge in [-0.1, -0.05) is 18.2 Å². The number of hydrogen-bond donors (Lipinski definition) is 1. The summed E-state index contributed by atoms with van der Waals surface area (Å²) in [5, 5.41) is 8.60. The molecule has 0 radical (unpaired) electrons. The molecule has 0 saturated heterocycles. The Hall–Kier alpha value is -3.41. The Balaban J connectivity index is 1.79. The van der Waals surface area contributed by atoms with Crippen LogP contribution in [0.4, 0.5) is 0 Å². The first-order valence-corrected chi connectivity index (χ1v) is 7.97. The van der Waals surface area contributed by atoms with Crippen LogP contribution in [0.15, 0.2) is 53.2 Å². The third kappa shape index (κ3) is 3.97. The van der Waals surface area contributed by atoms with E-state index in [4.69, 9.17) is 14.6 Å². The minimum atomic E-state index is -1.04. The first-order chi connectivity index (χ1) is 12.4. The molecule has 0 atom stereocenters. The number of ether oxygens (including phenoxy) is 2. The van der Waals surface area contributed by atoms with Crippen LogP contribution in [0.5, 0.6) is 5.75 Å². The molecule has 2 aromatic rings. The summed E-state index contributed by atoms with van der Waals surface area (Å²) < 4.78 is 10.3. The van der Waals surface area contributed by atoms with Gasteiger partial charge in [-0.3, -0.25) is 0 Å². The number of aliphatic carboxylic acids is 1. The molecule has 1 aliphatic heterocycles. The molecule has 0 saturated carbocycles. The minimum absolute atomic E-state index is 0.206. The van der Waals surface area contributed by atoms with Crippen LogP contribution < -0.4 is 4.74 Å². The number of nitrogens with zero attached hydrogens (tertiary/aromatic N) is 1. The highest BCUT2D eigenvalue weighted by atomic mass is 16.6. The van der Waals surface area contributed by atoms with Crippen molar-refractivity contribution in [3.63, 3.8) is 0 Å². The molecule has 0 unspecified atom stereocenters. The molecule has 0 amide bonds. The molecule has 0 aromatic heterocycles. The highest BCUT2D eigenvalue weighted by Gasteiger charge is 2.24. The summed E-state index contributed by atoms with van der Waals surface area (Å²) in [5.74, 6) is -0.837.